The van der Waals surface area contributed by atoms with Gasteiger partial charge in [-0.3, -0.25) is 0 Å². The summed E-state index contributed by atoms with van der Waals surface area (Å²) in [6, 6.07) is 20.8. The van der Waals surface area contributed by atoms with E-state index in [1.807, 2.05) is 12.1 Å². The first-order chi connectivity index (χ1) is 8.79. The fourth-order valence-electron chi connectivity index (χ4n) is 1.26. The third kappa shape index (κ3) is 10.9. The Morgan fingerprint density at radius 3 is 1.05 bits per heavy atom. The van der Waals surface area contributed by atoms with Gasteiger partial charge in [0.15, 0.2) is 0 Å². The Morgan fingerprint density at radius 1 is 0.632 bits per heavy atom. The van der Waals surface area contributed by atoms with Crippen molar-refractivity contribution < 1.29 is 18.9 Å². The summed E-state index contributed by atoms with van der Waals surface area (Å²) in [6.07, 6.45) is 0. The second-order valence-corrected chi connectivity index (χ2v) is 3.22. The van der Waals surface area contributed by atoms with Gasteiger partial charge in [0, 0.05) is 0 Å². The molecule has 0 unspecified atom stereocenters. The Labute approximate surface area is 131 Å². The molecule has 0 aliphatic heterocycles. The smallest absolute Gasteiger partial charge is 0.310 e. The predicted octanol–water partition coefficient (Wildman–Crippen LogP) is 3.34. The molecule has 0 spiro atoms. The molecule has 0 aliphatic rings. The molecule has 0 bridgehead atoms. The standard InChI is InChI=1S/C12H10.Mg.2HO2P/c1-3-7-11(8-4-1)12-9-5-2-6-10-12;;2*1-3-2/h1-10H;;2*(H,1,2)/q;+2;;. The van der Waals surface area contributed by atoms with Crippen LogP contribution < -0.4 is 0 Å². The minimum atomic E-state index is -0.833. The van der Waals surface area contributed by atoms with E-state index < -0.39 is 17.4 Å². The van der Waals surface area contributed by atoms with Crippen LogP contribution in [0.1, 0.15) is 0 Å². The van der Waals surface area contributed by atoms with E-state index >= 15 is 0 Å². The van der Waals surface area contributed by atoms with Crippen LogP contribution in [0.4, 0.5) is 0 Å². The summed E-state index contributed by atoms with van der Waals surface area (Å²) < 4.78 is 16.9. The average Bonchev–Trinajstić information content (AvgIpc) is 2.43. The zero-order valence-corrected chi connectivity index (χ0v) is 13.3. The third-order valence-electron chi connectivity index (χ3n) is 1.88. The van der Waals surface area contributed by atoms with Gasteiger partial charge in [0.25, 0.3) is 0 Å². The Hall–Kier alpha value is -0.674. The molecule has 0 saturated heterocycles. The molecular weight excluding hydrogens is 294 g/mol. The van der Waals surface area contributed by atoms with Crippen molar-refractivity contribution in [1.82, 2.24) is 0 Å². The summed E-state index contributed by atoms with van der Waals surface area (Å²) >= 11 is 0. The molecule has 0 aromatic heterocycles. The summed E-state index contributed by atoms with van der Waals surface area (Å²) in [6.45, 7) is 0. The Kier molecular flexibility index (Phi) is 16.7. The van der Waals surface area contributed by atoms with Crippen molar-refractivity contribution in [3.05, 3.63) is 60.7 Å². The van der Waals surface area contributed by atoms with Crippen LogP contribution in [0.25, 0.3) is 11.1 Å². The average molecular weight is 306 g/mol. The Balaban J connectivity index is 0. The van der Waals surface area contributed by atoms with Crippen LogP contribution in [0, 0.1) is 0 Å². The molecule has 2 rings (SSSR count). The quantitative estimate of drug-likeness (QED) is 0.626. The van der Waals surface area contributed by atoms with Gasteiger partial charge in [-0.2, -0.15) is 0 Å². The van der Waals surface area contributed by atoms with Gasteiger partial charge < -0.3 is 9.79 Å². The van der Waals surface area contributed by atoms with E-state index in [-0.39, 0.29) is 23.1 Å². The second-order valence-electron chi connectivity index (χ2n) is 2.90. The van der Waals surface area contributed by atoms with E-state index in [1.165, 1.54) is 11.1 Å². The molecule has 94 valence electrons. The van der Waals surface area contributed by atoms with E-state index in [0.29, 0.717) is 0 Å². The summed E-state index contributed by atoms with van der Waals surface area (Å²) in [4.78, 5) is 14.0. The molecule has 0 radical (unpaired) electrons. The van der Waals surface area contributed by atoms with E-state index in [2.05, 4.69) is 48.5 Å². The van der Waals surface area contributed by atoms with Gasteiger partial charge in [0.2, 0.25) is 0 Å². The van der Waals surface area contributed by atoms with Crippen molar-refractivity contribution in [3.63, 3.8) is 0 Å². The summed E-state index contributed by atoms with van der Waals surface area (Å²) in [5.74, 6) is 0. The summed E-state index contributed by atoms with van der Waals surface area (Å²) in [7, 11) is -1.67. The van der Waals surface area contributed by atoms with Crippen LogP contribution in [0.15, 0.2) is 60.7 Å². The van der Waals surface area contributed by atoms with E-state index in [0.717, 1.165) is 0 Å². The van der Waals surface area contributed by atoms with Crippen molar-refractivity contribution in [1.29, 1.82) is 0 Å². The second kappa shape index (κ2) is 15.4. The zero-order chi connectivity index (χ0) is 13.6. The molecule has 0 amide bonds. The molecule has 2 aromatic rings. The van der Waals surface area contributed by atoms with Gasteiger partial charge in [0.05, 0.1) is 0 Å². The number of benzene rings is 2. The fraction of sp³-hybridized carbons (Fsp3) is 0. The van der Waals surface area contributed by atoms with Gasteiger partial charge in [-0.1, -0.05) is 60.7 Å². The Morgan fingerprint density at radius 2 is 0.842 bits per heavy atom. The van der Waals surface area contributed by atoms with Crippen molar-refractivity contribution in [3.8, 4) is 11.1 Å². The van der Waals surface area contributed by atoms with Gasteiger partial charge >= 0.3 is 40.4 Å². The monoisotopic (exact) mass is 306 g/mol. The molecule has 0 fully saturated rings. The van der Waals surface area contributed by atoms with Crippen molar-refractivity contribution >= 4 is 40.4 Å². The first-order valence-electron chi connectivity index (χ1n) is 4.84. The van der Waals surface area contributed by atoms with Crippen molar-refractivity contribution in [2.75, 3.05) is 0 Å². The Bertz CT molecular complexity index is 396. The van der Waals surface area contributed by atoms with Gasteiger partial charge in [0.1, 0.15) is 0 Å². The van der Waals surface area contributed by atoms with Crippen LogP contribution >= 0.6 is 17.4 Å². The zero-order valence-electron chi connectivity index (χ0n) is 10.1. The van der Waals surface area contributed by atoms with Gasteiger partial charge in [-0.05, 0) is 11.1 Å². The summed E-state index contributed by atoms with van der Waals surface area (Å²) in [5.41, 5.74) is 2.55. The van der Waals surface area contributed by atoms with Crippen molar-refractivity contribution in [2.24, 2.45) is 0 Å². The first kappa shape index (κ1) is 20.6. The largest absolute Gasteiger partial charge is 2.00 e. The molecule has 7 heteroatoms. The number of hydrogen-bond acceptors (Lipinski definition) is 2. The molecule has 0 aliphatic carbocycles. The minimum Gasteiger partial charge on any atom is -0.310 e. The van der Waals surface area contributed by atoms with E-state index in [1.54, 1.807) is 0 Å². The number of hydrogen-bond donors (Lipinski definition) is 2. The molecule has 2 aromatic carbocycles. The number of rotatable bonds is 1. The minimum absolute atomic E-state index is 0. The predicted molar refractivity (Wildman–Crippen MR) is 77.3 cm³/mol. The SMILES string of the molecule is O=PO.O=PO.[Mg+2].c1ccc(-c2ccccc2)cc1. The normalized spacial score (nSPS) is 8.32. The molecule has 19 heavy (non-hydrogen) atoms. The fourth-order valence-corrected chi connectivity index (χ4v) is 1.26. The van der Waals surface area contributed by atoms with Crippen LogP contribution in [-0.4, -0.2) is 32.8 Å². The van der Waals surface area contributed by atoms with Crippen LogP contribution in [-0.2, 0) is 9.13 Å². The van der Waals surface area contributed by atoms with Crippen molar-refractivity contribution in [2.45, 2.75) is 0 Å². The molecule has 4 nitrogen and oxygen atoms in total. The maximum atomic E-state index is 8.46. The molecular formula is C12H12MgO4P2+2. The van der Waals surface area contributed by atoms with Gasteiger partial charge in [-0.15, -0.1) is 0 Å². The van der Waals surface area contributed by atoms with Gasteiger partial charge in [-0.25, -0.2) is 9.13 Å². The van der Waals surface area contributed by atoms with Crippen LogP contribution in [0.3, 0.4) is 0 Å². The first-order valence-corrected chi connectivity index (χ1v) is 6.37. The maximum Gasteiger partial charge on any atom is 2.00 e. The molecule has 0 saturated carbocycles. The molecule has 2 N–H and O–H groups in total. The van der Waals surface area contributed by atoms with E-state index in [4.69, 9.17) is 18.9 Å². The molecule has 0 atom stereocenters. The van der Waals surface area contributed by atoms with Crippen LogP contribution in [0.2, 0.25) is 0 Å². The maximum absolute atomic E-state index is 8.46. The topological polar surface area (TPSA) is 74.6 Å². The molecule has 0 heterocycles. The van der Waals surface area contributed by atoms with Crippen LogP contribution in [0.5, 0.6) is 0 Å². The third-order valence-corrected chi connectivity index (χ3v) is 1.88. The van der Waals surface area contributed by atoms with E-state index in [9.17, 15) is 0 Å². The summed E-state index contributed by atoms with van der Waals surface area (Å²) in [5, 5.41) is 0.